The summed E-state index contributed by atoms with van der Waals surface area (Å²) < 4.78 is 54.3. The van der Waals surface area contributed by atoms with E-state index in [1.54, 1.807) is 0 Å². The van der Waals surface area contributed by atoms with Crippen molar-refractivity contribution in [3.8, 4) is 0 Å². The predicted molar refractivity (Wildman–Crippen MR) is 102 cm³/mol. The summed E-state index contributed by atoms with van der Waals surface area (Å²) in [6, 6.07) is 3.49. The number of fused-ring (bicyclic) bond motifs is 2. The van der Waals surface area contributed by atoms with E-state index < -0.39 is 26.6 Å². The molecule has 1 saturated heterocycles. The highest BCUT2D eigenvalue weighted by molar-refractivity contribution is 7.89. The van der Waals surface area contributed by atoms with Crippen LogP contribution in [0, 0.1) is 23.5 Å². The van der Waals surface area contributed by atoms with Gasteiger partial charge < -0.3 is 10.2 Å². The molecule has 148 valence electrons. The molecule has 0 radical (unpaired) electrons. The molecule has 0 aromatic heterocycles. The van der Waals surface area contributed by atoms with Gasteiger partial charge in [0.15, 0.2) is 10.0 Å². The van der Waals surface area contributed by atoms with Gasteiger partial charge in [0.05, 0.1) is 0 Å². The lowest BCUT2D eigenvalue weighted by Gasteiger charge is -2.37. The first-order valence-corrected chi connectivity index (χ1v) is 11.2. The van der Waals surface area contributed by atoms with Crippen molar-refractivity contribution < 1.29 is 17.2 Å². The predicted octanol–water partition coefficient (Wildman–Crippen LogP) is 2.33. The van der Waals surface area contributed by atoms with E-state index in [4.69, 9.17) is 12.2 Å². The van der Waals surface area contributed by atoms with E-state index in [-0.39, 0.29) is 13.1 Å². The van der Waals surface area contributed by atoms with E-state index >= 15 is 0 Å². The molecule has 4 rings (SSSR count). The average molecular weight is 416 g/mol. The number of nitrogens with one attached hydrogen (secondary N) is 1. The van der Waals surface area contributed by atoms with Crippen LogP contribution in [0.1, 0.15) is 25.7 Å². The van der Waals surface area contributed by atoms with Gasteiger partial charge in [-0.2, -0.15) is 4.31 Å². The summed E-state index contributed by atoms with van der Waals surface area (Å²) in [6.07, 6.45) is 5.01. The largest absolute Gasteiger partial charge is 0.360 e. The minimum absolute atomic E-state index is 0.147. The summed E-state index contributed by atoms with van der Waals surface area (Å²) in [5.41, 5.74) is 0. The Hall–Kier alpha value is -1.32. The van der Waals surface area contributed by atoms with E-state index in [0.29, 0.717) is 30.2 Å². The Balaban J connectivity index is 1.38. The summed E-state index contributed by atoms with van der Waals surface area (Å²) in [6.45, 7) is 1.10. The smallest absolute Gasteiger partial charge is 0.249 e. The molecule has 5 nitrogen and oxygen atoms in total. The molecule has 0 amide bonds. The summed E-state index contributed by atoms with van der Waals surface area (Å²) in [4.78, 5) is 1.08. The van der Waals surface area contributed by atoms with Crippen LogP contribution in [0.2, 0.25) is 0 Å². The maximum Gasteiger partial charge on any atom is 0.249 e. The minimum Gasteiger partial charge on any atom is -0.360 e. The molecule has 2 aliphatic carbocycles. The van der Waals surface area contributed by atoms with E-state index in [0.717, 1.165) is 34.8 Å². The van der Waals surface area contributed by atoms with Crippen LogP contribution in [-0.4, -0.2) is 55.0 Å². The third kappa shape index (κ3) is 3.56. The maximum absolute atomic E-state index is 13.9. The molecule has 1 N–H and O–H groups in total. The zero-order chi connectivity index (χ0) is 19.2. The van der Waals surface area contributed by atoms with Crippen molar-refractivity contribution in [3.05, 3.63) is 29.8 Å². The molecule has 0 spiro atoms. The van der Waals surface area contributed by atoms with Gasteiger partial charge in [0, 0.05) is 32.2 Å². The van der Waals surface area contributed by atoms with Crippen molar-refractivity contribution in [2.24, 2.45) is 11.8 Å². The van der Waals surface area contributed by atoms with E-state index in [2.05, 4.69) is 5.32 Å². The van der Waals surface area contributed by atoms with Crippen molar-refractivity contribution in [2.45, 2.75) is 36.6 Å². The van der Waals surface area contributed by atoms with Crippen LogP contribution in [0.5, 0.6) is 0 Å². The fourth-order valence-electron chi connectivity index (χ4n) is 4.66. The van der Waals surface area contributed by atoms with E-state index in [9.17, 15) is 17.2 Å². The van der Waals surface area contributed by atoms with Crippen molar-refractivity contribution in [3.63, 3.8) is 0 Å². The Morgan fingerprint density at radius 1 is 1.07 bits per heavy atom. The average Bonchev–Trinajstić information content (AvgIpc) is 3.24. The van der Waals surface area contributed by atoms with Crippen molar-refractivity contribution in [2.75, 3.05) is 26.2 Å². The minimum atomic E-state index is -4.21. The van der Waals surface area contributed by atoms with Gasteiger partial charge in [0.1, 0.15) is 11.6 Å². The molecule has 1 aromatic carbocycles. The molecular weight excluding hydrogens is 392 g/mol. The molecule has 1 aromatic rings. The van der Waals surface area contributed by atoms with Crippen molar-refractivity contribution >= 4 is 27.4 Å². The number of hydrogen-bond acceptors (Lipinski definition) is 3. The normalized spacial score (nSPS) is 28.5. The van der Waals surface area contributed by atoms with Crippen LogP contribution in [-0.2, 0) is 10.0 Å². The van der Waals surface area contributed by atoms with Crippen LogP contribution in [0.15, 0.2) is 23.1 Å². The third-order valence-corrected chi connectivity index (χ3v) is 8.42. The fourth-order valence-corrected chi connectivity index (χ4v) is 6.53. The number of thiocarbonyl (C=S) groups is 1. The number of halogens is 2. The molecule has 27 heavy (non-hydrogen) atoms. The highest BCUT2D eigenvalue weighted by Gasteiger charge is 2.40. The first kappa shape index (κ1) is 19.0. The second-order valence-electron chi connectivity index (χ2n) is 7.67. The van der Waals surface area contributed by atoms with Gasteiger partial charge in [-0.15, -0.1) is 0 Å². The van der Waals surface area contributed by atoms with Gasteiger partial charge in [0.25, 0.3) is 0 Å². The monoisotopic (exact) mass is 415 g/mol. The van der Waals surface area contributed by atoms with Gasteiger partial charge in [-0.3, -0.25) is 0 Å². The molecule has 3 atom stereocenters. The molecule has 2 saturated carbocycles. The quantitative estimate of drug-likeness (QED) is 0.768. The first-order chi connectivity index (χ1) is 12.9. The van der Waals surface area contributed by atoms with Gasteiger partial charge in [-0.05, 0) is 55.4 Å². The topological polar surface area (TPSA) is 52.7 Å². The summed E-state index contributed by atoms with van der Waals surface area (Å²) in [5, 5.41) is 4.11. The fraction of sp³-hybridized carbons (Fsp3) is 0.611. The first-order valence-electron chi connectivity index (χ1n) is 9.36. The Kier molecular flexibility index (Phi) is 5.11. The number of benzene rings is 1. The second-order valence-corrected chi connectivity index (χ2v) is 9.93. The van der Waals surface area contributed by atoms with Gasteiger partial charge in [0.2, 0.25) is 10.0 Å². The van der Waals surface area contributed by atoms with Crippen LogP contribution >= 0.6 is 12.2 Å². The standard InChI is InChI=1S/C18H23F2N3O2S2/c19-14-2-1-3-15(20)17(14)27(24,25)23-8-6-22(7-9-23)18(26)21-16-11-12-4-5-13(16)10-12/h1-3,12-13,16H,4-11H2,(H,21,26)/t12-,13-,16+/m1/s1. The SMILES string of the molecule is O=S(=O)(c1c(F)cccc1F)N1CCN(C(=S)N[C@H]2C[C@@H]3CC[C@@H]2C3)CC1. The van der Waals surface area contributed by atoms with Gasteiger partial charge >= 0.3 is 0 Å². The Labute approximate surface area is 163 Å². The Morgan fingerprint density at radius 3 is 2.30 bits per heavy atom. The number of piperazine rings is 1. The molecule has 9 heteroatoms. The van der Waals surface area contributed by atoms with Crippen LogP contribution < -0.4 is 5.32 Å². The molecule has 3 aliphatic rings. The molecule has 3 fully saturated rings. The highest BCUT2D eigenvalue weighted by atomic mass is 32.2. The van der Waals surface area contributed by atoms with E-state index in [1.807, 2.05) is 4.90 Å². The summed E-state index contributed by atoms with van der Waals surface area (Å²) in [5.74, 6) is -0.622. The summed E-state index contributed by atoms with van der Waals surface area (Å²) >= 11 is 5.52. The lowest BCUT2D eigenvalue weighted by atomic mass is 9.95. The molecule has 1 aliphatic heterocycles. The molecule has 1 heterocycles. The summed E-state index contributed by atoms with van der Waals surface area (Å²) in [7, 11) is -4.21. The molecule has 0 unspecified atom stereocenters. The number of sulfonamides is 1. The van der Waals surface area contributed by atoms with Crippen molar-refractivity contribution in [1.29, 1.82) is 0 Å². The van der Waals surface area contributed by atoms with Crippen LogP contribution in [0.3, 0.4) is 0 Å². The molecule has 2 bridgehead atoms. The third-order valence-electron chi connectivity index (χ3n) is 6.09. The number of rotatable bonds is 3. The lowest BCUT2D eigenvalue weighted by Crippen LogP contribution is -2.55. The van der Waals surface area contributed by atoms with Crippen LogP contribution in [0.4, 0.5) is 8.78 Å². The van der Waals surface area contributed by atoms with E-state index in [1.165, 1.54) is 19.3 Å². The number of hydrogen-bond donors (Lipinski definition) is 1. The second kappa shape index (κ2) is 7.25. The zero-order valence-electron chi connectivity index (χ0n) is 14.9. The maximum atomic E-state index is 13.9. The lowest BCUT2D eigenvalue weighted by molar-refractivity contribution is 0.257. The Morgan fingerprint density at radius 2 is 1.74 bits per heavy atom. The van der Waals surface area contributed by atoms with Gasteiger partial charge in [-0.25, -0.2) is 17.2 Å². The van der Waals surface area contributed by atoms with Gasteiger partial charge in [-0.1, -0.05) is 12.5 Å². The Bertz CT molecular complexity index is 821. The zero-order valence-corrected chi connectivity index (χ0v) is 16.5. The highest BCUT2D eigenvalue weighted by Crippen LogP contribution is 2.44. The molecular formula is C18H23F2N3O2S2. The number of nitrogens with zero attached hydrogens (tertiary/aromatic N) is 2. The van der Waals surface area contributed by atoms with Crippen LogP contribution in [0.25, 0.3) is 0 Å². The van der Waals surface area contributed by atoms with Crippen molar-refractivity contribution in [1.82, 2.24) is 14.5 Å².